The molecule has 0 bridgehead atoms. The first kappa shape index (κ1) is 56.5. The maximum atomic E-state index is 11.9. The van der Waals surface area contributed by atoms with Crippen LogP contribution in [0.2, 0.25) is 0 Å². The van der Waals surface area contributed by atoms with Gasteiger partial charge in [0.25, 0.3) is 0 Å². The Morgan fingerprint density at radius 1 is 0.328 bits per heavy atom. The van der Waals surface area contributed by atoms with Crippen molar-refractivity contribution >= 4 is 11.9 Å². The monoisotopic (exact) mass is 839 g/mol. The fraction of sp³-hybridized carbons (Fsp3) is 0.955. The minimum atomic E-state index is -0.514. The van der Waals surface area contributed by atoms with E-state index in [1.54, 1.807) is 0 Å². The summed E-state index contributed by atoms with van der Waals surface area (Å²) in [6.45, 7) is 16.6. The number of carbonyl (C=O) groups is 2. The van der Waals surface area contributed by atoms with Gasteiger partial charge in [0.05, 0.1) is 126 Å². The number of hydrogen-bond acceptors (Lipinski definition) is 14. The molecule has 0 aliphatic heterocycles. The molecule has 0 aliphatic rings. The molecule has 0 heterocycles. The van der Waals surface area contributed by atoms with Crippen LogP contribution in [0.4, 0.5) is 0 Å². The van der Waals surface area contributed by atoms with Crippen molar-refractivity contribution in [2.45, 2.75) is 136 Å². The first-order valence-electron chi connectivity index (χ1n) is 22.5. The van der Waals surface area contributed by atoms with E-state index in [9.17, 15) is 9.59 Å². The summed E-state index contributed by atoms with van der Waals surface area (Å²) in [5.41, 5.74) is -0.514. The lowest BCUT2D eigenvalue weighted by atomic mass is 10.0. The SMILES string of the molecule is CCCCCCCCCCCCCCCCCC(=O)OCCOCCOCCOCCOCCOCCOCCOCCOCCOCCOCC(=O)OC(C)(C)C. The molecule has 0 rings (SSSR count). The molecule has 58 heavy (non-hydrogen) atoms. The van der Waals surface area contributed by atoms with Gasteiger partial charge in [-0.15, -0.1) is 0 Å². The summed E-state index contributed by atoms with van der Waals surface area (Å²) in [5, 5.41) is 0. The maximum Gasteiger partial charge on any atom is 0.332 e. The Morgan fingerprint density at radius 2 is 0.586 bits per heavy atom. The van der Waals surface area contributed by atoms with Gasteiger partial charge in [-0.2, -0.15) is 0 Å². The Balaban J connectivity index is 3.16. The van der Waals surface area contributed by atoms with Crippen LogP contribution in [-0.4, -0.2) is 156 Å². The van der Waals surface area contributed by atoms with Gasteiger partial charge in [0.15, 0.2) is 0 Å². The largest absolute Gasteiger partial charge is 0.463 e. The smallest absolute Gasteiger partial charge is 0.332 e. The molecule has 0 atom stereocenters. The molecular weight excluding hydrogens is 752 g/mol. The Kier molecular flexibility index (Phi) is 45.4. The van der Waals surface area contributed by atoms with E-state index >= 15 is 0 Å². The number of unbranched alkanes of at least 4 members (excludes halogenated alkanes) is 14. The van der Waals surface area contributed by atoms with Crippen molar-refractivity contribution in [1.82, 2.24) is 0 Å². The lowest BCUT2D eigenvalue weighted by Crippen LogP contribution is -2.27. The van der Waals surface area contributed by atoms with Gasteiger partial charge in [-0.3, -0.25) is 4.79 Å². The second kappa shape index (κ2) is 46.6. The van der Waals surface area contributed by atoms with E-state index < -0.39 is 5.60 Å². The third kappa shape index (κ3) is 50.7. The molecule has 346 valence electrons. The van der Waals surface area contributed by atoms with E-state index in [1.165, 1.54) is 83.5 Å². The Morgan fingerprint density at radius 3 is 0.879 bits per heavy atom. The van der Waals surface area contributed by atoms with Gasteiger partial charge < -0.3 is 56.8 Å². The molecule has 0 amide bonds. The fourth-order valence-electron chi connectivity index (χ4n) is 5.43. The zero-order valence-corrected chi connectivity index (χ0v) is 37.4. The van der Waals surface area contributed by atoms with Crippen molar-refractivity contribution in [1.29, 1.82) is 0 Å². The highest BCUT2D eigenvalue weighted by Gasteiger charge is 2.16. The summed E-state index contributed by atoms with van der Waals surface area (Å²) in [5.74, 6) is -0.522. The molecule has 0 aromatic heterocycles. The van der Waals surface area contributed by atoms with Crippen LogP contribution in [0.3, 0.4) is 0 Å². The average molecular weight is 839 g/mol. The van der Waals surface area contributed by atoms with Crippen LogP contribution in [0.5, 0.6) is 0 Å². The van der Waals surface area contributed by atoms with Crippen molar-refractivity contribution in [2.75, 3.05) is 139 Å². The van der Waals surface area contributed by atoms with Gasteiger partial charge in [0, 0.05) is 6.42 Å². The van der Waals surface area contributed by atoms with Gasteiger partial charge in [-0.25, -0.2) is 4.79 Å². The van der Waals surface area contributed by atoms with Crippen LogP contribution in [-0.2, 0) is 66.4 Å². The first-order valence-corrected chi connectivity index (χ1v) is 22.5. The molecule has 0 radical (unpaired) electrons. The van der Waals surface area contributed by atoms with E-state index in [-0.39, 0.29) is 25.2 Å². The van der Waals surface area contributed by atoms with E-state index in [0.29, 0.717) is 132 Å². The van der Waals surface area contributed by atoms with Crippen LogP contribution in [0.25, 0.3) is 0 Å². The molecule has 14 heteroatoms. The van der Waals surface area contributed by atoms with Crippen molar-refractivity contribution in [3.63, 3.8) is 0 Å². The van der Waals surface area contributed by atoms with Crippen LogP contribution >= 0.6 is 0 Å². The third-order valence-corrected chi connectivity index (χ3v) is 8.46. The topological polar surface area (TPSA) is 145 Å². The highest BCUT2D eigenvalue weighted by molar-refractivity contribution is 5.71. The molecule has 0 saturated carbocycles. The number of rotatable bonds is 48. The van der Waals surface area contributed by atoms with Crippen LogP contribution in [0.15, 0.2) is 0 Å². The van der Waals surface area contributed by atoms with Gasteiger partial charge >= 0.3 is 11.9 Å². The Hall–Kier alpha value is -1.46. The molecule has 0 N–H and O–H groups in total. The first-order chi connectivity index (χ1) is 28.3. The minimum Gasteiger partial charge on any atom is -0.463 e. The molecule has 0 aromatic rings. The zero-order chi connectivity index (χ0) is 42.3. The molecule has 0 fully saturated rings. The third-order valence-electron chi connectivity index (χ3n) is 8.46. The molecule has 0 spiro atoms. The Bertz CT molecular complexity index is 842. The normalized spacial score (nSPS) is 11.7. The quantitative estimate of drug-likeness (QED) is 0.0446. The molecule has 0 aromatic carbocycles. The van der Waals surface area contributed by atoms with Crippen LogP contribution < -0.4 is 0 Å². The molecule has 0 unspecified atom stereocenters. The number of carbonyl (C=O) groups excluding carboxylic acids is 2. The second-order valence-corrected chi connectivity index (χ2v) is 15.1. The summed E-state index contributed by atoms with van der Waals surface area (Å²) >= 11 is 0. The van der Waals surface area contributed by atoms with Crippen LogP contribution in [0, 0.1) is 0 Å². The van der Waals surface area contributed by atoms with Gasteiger partial charge in [0.1, 0.15) is 18.8 Å². The van der Waals surface area contributed by atoms with Crippen molar-refractivity contribution in [3.8, 4) is 0 Å². The standard InChI is InChI=1S/C44H86O14/c1-5-6-7-8-9-10-11-12-13-14-15-16-17-18-19-20-42(45)57-40-39-55-36-35-53-32-31-51-28-27-49-24-23-47-21-22-48-25-26-50-29-30-52-33-34-54-37-38-56-41-43(46)58-44(2,3)4/h5-41H2,1-4H3. The lowest BCUT2D eigenvalue weighted by molar-refractivity contribution is -0.160. The predicted octanol–water partition coefficient (Wildman–Crippen LogP) is 7.30. The van der Waals surface area contributed by atoms with Crippen LogP contribution in [0.1, 0.15) is 130 Å². The Labute approximate surface area is 352 Å². The highest BCUT2D eigenvalue weighted by Crippen LogP contribution is 2.14. The zero-order valence-electron chi connectivity index (χ0n) is 37.4. The summed E-state index contributed by atoms with van der Waals surface area (Å²) in [6.07, 6.45) is 20.2. The maximum absolute atomic E-state index is 11.9. The molecule has 14 nitrogen and oxygen atoms in total. The van der Waals surface area contributed by atoms with Gasteiger partial charge in [-0.1, -0.05) is 96.8 Å². The lowest BCUT2D eigenvalue weighted by Gasteiger charge is -2.19. The minimum absolute atomic E-state index is 0.0855. The molecule has 0 aliphatic carbocycles. The molecular formula is C44H86O14. The average Bonchev–Trinajstić information content (AvgIpc) is 3.19. The van der Waals surface area contributed by atoms with E-state index in [1.807, 2.05) is 20.8 Å². The predicted molar refractivity (Wildman–Crippen MR) is 225 cm³/mol. The van der Waals surface area contributed by atoms with E-state index in [2.05, 4.69) is 6.92 Å². The van der Waals surface area contributed by atoms with E-state index in [0.717, 1.165) is 12.8 Å². The summed E-state index contributed by atoms with van der Waals surface area (Å²) in [4.78, 5) is 23.4. The van der Waals surface area contributed by atoms with Gasteiger partial charge in [0.2, 0.25) is 0 Å². The number of esters is 2. The summed E-state index contributed by atoms with van der Waals surface area (Å²) < 4.78 is 64.9. The summed E-state index contributed by atoms with van der Waals surface area (Å²) in [6, 6.07) is 0. The number of ether oxygens (including phenoxy) is 12. The molecule has 0 saturated heterocycles. The summed E-state index contributed by atoms with van der Waals surface area (Å²) in [7, 11) is 0. The van der Waals surface area contributed by atoms with Crippen molar-refractivity contribution in [3.05, 3.63) is 0 Å². The van der Waals surface area contributed by atoms with E-state index in [4.69, 9.17) is 56.8 Å². The number of hydrogen-bond donors (Lipinski definition) is 0. The highest BCUT2D eigenvalue weighted by atomic mass is 16.6. The van der Waals surface area contributed by atoms with Crippen molar-refractivity contribution < 1.29 is 66.4 Å². The van der Waals surface area contributed by atoms with Gasteiger partial charge in [-0.05, 0) is 27.2 Å². The fourth-order valence-corrected chi connectivity index (χ4v) is 5.43. The second-order valence-electron chi connectivity index (χ2n) is 15.1. The van der Waals surface area contributed by atoms with Crippen molar-refractivity contribution in [2.24, 2.45) is 0 Å².